The number of thioether (sulfide) groups is 1. The monoisotopic (exact) mass is 401 g/mol. The maximum atomic E-state index is 12.5. The molecule has 1 N–H and O–H groups in total. The van der Waals surface area contributed by atoms with Gasteiger partial charge in [-0.3, -0.25) is 14.5 Å². The van der Waals surface area contributed by atoms with Gasteiger partial charge in [-0.15, -0.1) is 0 Å². The van der Waals surface area contributed by atoms with E-state index in [1.54, 1.807) is 12.1 Å². The number of carbonyl (C=O) groups is 2. The van der Waals surface area contributed by atoms with E-state index >= 15 is 0 Å². The summed E-state index contributed by atoms with van der Waals surface area (Å²) in [6.45, 7) is 3.82. The van der Waals surface area contributed by atoms with E-state index in [2.05, 4.69) is 9.97 Å². The number of hydrogen-bond acceptors (Lipinski definition) is 6. The summed E-state index contributed by atoms with van der Waals surface area (Å²) in [6, 6.07) is 11.3. The molecule has 8 heteroatoms. The molecule has 2 amide bonds. The minimum Gasteiger partial charge on any atom is -0.450 e. The summed E-state index contributed by atoms with van der Waals surface area (Å²) in [7, 11) is 0. The molecule has 3 heterocycles. The van der Waals surface area contributed by atoms with Crippen molar-refractivity contribution in [2.24, 2.45) is 0 Å². The molecule has 140 valence electrons. The van der Waals surface area contributed by atoms with E-state index in [0.29, 0.717) is 15.8 Å². The number of nitrogens with one attached hydrogen (secondary N) is 1. The molecule has 1 fully saturated rings. The SMILES string of the molecule is CCC(C)N1C(=O)S/C(=C\c2ccc(Sc3nc4ccccc4[nH]3)o2)C1=O.[HH]. The third-order valence-electron chi connectivity index (χ3n) is 4.30. The van der Waals surface area contributed by atoms with E-state index < -0.39 is 0 Å². The Kier molecular flexibility index (Phi) is 4.84. The van der Waals surface area contributed by atoms with Gasteiger partial charge in [0, 0.05) is 13.5 Å². The number of benzene rings is 1. The summed E-state index contributed by atoms with van der Waals surface area (Å²) in [6.07, 6.45) is 2.35. The molecule has 0 bridgehead atoms. The highest BCUT2D eigenvalue weighted by atomic mass is 32.2. The van der Waals surface area contributed by atoms with Crippen LogP contribution in [0.25, 0.3) is 17.1 Å². The zero-order valence-corrected chi connectivity index (χ0v) is 16.4. The predicted octanol–water partition coefficient (Wildman–Crippen LogP) is 5.39. The van der Waals surface area contributed by atoms with Crippen LogP contribution in [-0.2, 0) is 4.79 Å². The van der Waals surface area contributed by atoms with Crippen LogP contribution in [0, 0.1) is 0 Å². The Labute approximate surface area is 165 Å². The molecular formula is C19H19N3O3S2. The number of fused-ring (bicyclic) bond motifs is 1. The number of H-pyrrole nitrogens is 1. The van der Waals surface area contributed by atoms with Crippen LogP contribution in [0.2, 0.25) is 0 Å². The lowest BCUT2D eigenvalue weighted by Gasteiger charge is -2.19. The number of hydrogen-bond donors (Lipinski definition) is 1. The summed E-state index contributed by atoms with van der Waals surface area (Å²) in [5, 5.41) is 1.15. The Hall–Kier alpha value is -2.45. The third kappa shape index (κ3) is 3.54. The van der Waals surface area contributed by atoms with Gasteiger partial charge in [-0.05, 0) is 61.1 Å². The molecule has 6 nitrogen and oxygen atoms in total. The number of aromatic amines is 1. The summed E-state index contributed by atoms with van der Waals surface area (Å²) < 4.78 is 5.78. The van der Waals surface area contributed by atoms with Gasteiger partial charge >= 0.3 is 0 Å². The van der Waals surface area contributed by atoms with Crippen molar-refractivity contribution in [3.63, 3.8) is 0 Å². The van der Waals surface area contributed by atoms with Crippen molar-refractivity contribution in [3.8, 4) is 0 Å². The largest absolute Gasteiger partial charge is 0.450 e. The zero-order valence-electron chi connectivity index (χ0n) is 14.8. The first-order valence-corrected chi connectivity index (χ1v) is 10.2. The molecule has 0 saturated carbocycles. The number of imide groups is 1. The summed E-state index contributed by atoms with van der Waals surface area (Å²) in [5.74, 6) is 0.269. The highest BCUT2D eigenvalue weighted by molar-refractivity contribution is 8.18. The van der Waals surface area contributed by atoms with E-state index in [9.17, 15) is 9.59 Å². The van der Waals surface area contributed by atoms with Gasteiger partial charge < -0.3 is 9.40 Å². The molecule has 1 aliphatic heterocycles. The van der Waals surface area contributed by atoms with Crippen molar-refractivity contribution in [3.05, 3.63) is 47.1 Å². The molecule has 0 radical (unpaired) electrons. The van der Waals surface area contributed by atoms with Gasteiger partial charge in [0.2, 0.25) is 0 Å². The molecule has 0 aliphatic carbocycles. The molecule has 1 atom stereocenters. The van der Waals surface area contributed by atoms with Crippen LogP contribution in [-0.4, -0.2) is 32.1 Å². The van der Waals surface area contributed by atoms with Gasteiger partial charge in [-0.2, -0.15) is 0 Å². The lowest BCUT2D eigenvalue weighted by Crippen LogP contribution is -2.36. The van der Waals surface area contributed by atoms with Crippen molar-refractivity contribution in [1.82, 2.24) is 14.9 Å². The Bertz CT molecular complexity index is 1030. The second-order valence-corrected chi connectivity index (χ2v) is 8.11. The Balaban J connectivity index is 0.00000225. The smallest absolute Gasteiger partial charge is 0.293 e. The first-order valence-electron chi connectivity index (χ1n) is 8.54. The van der Waals surface area contributed by atoms with E-state index in [0.717, 1.165) is 34.4 Å². The molecular weight excluding hydrogens is 382 g/mol. The number of aromatic nitrogens is 2. The average molecular weight is 402 g/mol. The first kappa shape index (κ1) is 17.9. The summed E-state index contributed by atoms with van der Waals surface area (Å²) in [4.78, 5) is 34.0. The molecule has 1 aromatic carbocycles. The van der Waals surface area contributed by atoms with E-state index in [-0.39, 0.29) is 18.6 Å². The maximum Gasteiger partial charge on any atom is 0.293 e. The van der Waals surface area contributed by atoms with Gasteiger partial charge in [0.05, 0.1) is 15.9 Å². The fourth-order valence-corrected chi connectivity index (χ4v) is 4.39. The second kappa shape index (κ2) is 7.28. The number of carbonyl (C=O) groups excluding carboxylic acids is 2. The van der Waals surface area contributed by atoms with Crippen molar-refractivity contribution in [1.29, 1.82) is 0 Å². The number of nitrogens with zero attached hydrogens (tertiary/aromatic N) is 2. The van der Waals surface area contributed by atoms with E-state index in [4.69, 9.17) is 4.42 Å². The van der Waals surface area contributed by atoms with Gasteiger partial charge in [0.15, 0.2) is 10.2 Å². The quantitative estimate of drug-likeness (QED) is 0.578. The van der Waals surface area contributed by atoms with Crippen LogP contribution in [0.15, 0.2) is 56.0 Å². The second-order valence-electron chi connectivity index (χ2n) is 6.13. The van der Waals surface area contributed by atoms with Gasteiger partial charge in [-0.25, -0.2) is 4.98 Å². The van der Waals surface area contributed by atoms with Crippen LogP contribution in [0.1, 0.15) is 27.5 Å². The number of rotatable bonds is 5. The zero-order chi connectivity index (χ0) is 19.0. The first-order chi connectivity index (χ1) is 13.0. The van der Waals surface area contributed by atoms with Crippen molar-refractivity contribution < 1.29 is 15.4 Å². The Morgan fingerprint density at radius 1 is 1.33 bits per heavy atom. The predicted molar refractivity (Wildman–Crippen MR) is 109 cm³/mol. The van der Waals surface area contributed by atoms with E-state index in [1.807, 2.05) is 44.2 Å². The summed E-state index contributed by atoms with van der Waals surface area (Å²) in [5.41, 5.74) is 1.86. The third-order valence-corrected chi connectivity index (χ3v) is 5.99. The molecule has 3 aromatic rings. The van der Waals surface area contributed by atoms with Crippen molar-refractivity contribution in [2.45, 2.75) is 36.6 Å². The van der Waals surface area contributed by atoms with E-state index in [1.165, 1.54) is 16.7 Å². The average Bonchev–Trinajstić information content (AvgIpc) is 3.33. The van der Waals surface area contributed by atoms with Crippen molar-refractivity contribution >= 4 is 51.8 Å². The molecule has 1 saturated heterocycles. The standard InChI is InChI=1S/C19H17N3O3S2.H2/c1-3-11(2)22-17(23)15(26-19(22)24)10-12-8-9-16(25-12)27-18-20-13-6-4-5-7-14(13)21-18;/h4-11H,3H2,1-2H3,(H,20,21);1H/b15-10-;. The minimum atomic E-state index is -0.262. The fourth-order valence-electron chi connectivity index (χ4n) is 2.71. The van der Waals surface area contributed by atoms with Gasteiger partial charge in [0.1, 0.15) is 5.76 Å². The maximum absolute atomic E-state index is 12.5. The lowest BCUT2D eigenvalue weighted by molar-refractivity contribution is -0.124. The van der Waals surface area contributed by atoms with Gasteiger partial charge in [0.25, 0.3) is 11.1 Å². The van der Waals surface area contributed by atoms with Crippen LogP contribution < -0.4 is 0 Å². The summed E-state index contributed by atoms with van der Waals surface area (Å²) >= 11 is 2.32. The van der Waals surface area contributed by atoms with Crippen LogP contribution in [0.4, 0.5) is 4.79 Å². The minimum absolute atomic E-state index is 0. The Morgan fingerprint density at radius 2 is 2.15 bits per heavy atom. The highest BCUT2D eigenvalue weighted by Crippen LogP contribution is 2.35. The molecule has 1 aliphatic rings. The molecule has 0 spiro atoms. The molecule has 1 unspecified atom stereocenters. The normalized spacial score (nSPS) is 17.4. The molecule has 2 aromatic heterocycles. The van der Waals surface area contributed by atoms with Crippen LogP contribution >= 0.6 is 23.5 Å². The fraction of sp³-hybridized carbons (Fsp3) is 0.211. The van der Waals surface area contributed by atoms with Crippen LogP contribution in [0.5, 0.6) is 0 Å². The molecule has 4 rings (SSSR count). The molecule has 27 heavy (non-hydrogen) atoms. The van der Waals surface area contributed by atoms with Crippen LogP contribution in [0.3, 0.4) is 0 Å². The van der Waals surface area contributed by atoms with Crippen molar-refractivity contribution in [2.75, 3.05) is 0 Å². The van der Waals surface area contributed by atoms with Gasteiger partial charge in [-0.1, -0.05) is 19.1 Å². The lowest BCUT2D eigenvalue weighted by atomic mass is 10.2. The Morgan fingerprint density at radius 3 is 2.93 bits per heavy atom. The number of amides is 2. The number of imidazole rings is 1. The number of furan rings is 1. The topological polar surface area (TPSA) is 79.2 Å². The number of para-hydroxylation sites is 2. The highest BCUT2D eigenvalue weighted by Gasteiger charge is 2.37.